The van der Waals surface area contributed by atoms with Crippen molar-refractivity contribution in [2.75, 3.05) is 25.9 Å². The molecule has 0 aromatic heterocycles. The minimum Gasteiger partial charge on any atom is -0.399 e. The number of nitrogens with one attached hydrogen (secondary N) is 1. The molecule has 106 valence electrons. The Hall–Kier alpha value is -0.700. The summed E-state index contributed by atoms with van der Waals surface area (Å²) in [7, 11) is -2.00. The molecule has 1 heterocycles. The van der Waals surface area contributed by atoms with Crippen molar-refractivity contribution in [2.45, 2.75) is 17.4 Å². The lowest BCUT2D eigenvalue weighted by molar-refractivity contribution is 0.407. The predicted octanol–water partition coefficient (Wildman–Crippen LogP) is 1.15. The Balaban J connectivity index is 2.29. The van der Waals surface area contributed by atoms with Crippen LogP contribution in [0.2, 0.25) is 0 Å². The standard InChI is InChI=1S/C11H15BrFN3O2S/c1-16-3-2-8(6-16)15-19(17,18)10-5-7(14)4-9(12)11(10)13/h4-5,8,15H,2-3,6,14H2,1H3. The summed E-state index contributed by atoms with van der Waals surface area (Å²) >= 11 is 2.96. The second-order valence-corrected chi connectivity index (χ2v) is 7.22. The summed E-state index contributed by atoms with van der Waals surface area (Å²) in [4.78, 5) is 1.59. The molecule has 1 aromatic carbocycles. The van der Waals surface area contributed by atoms with Gasteiger partial charge in [-0.15, -0.1) is 0 Å². The lowest BCUT2D eigenvalue weighted by Crippen LogP contribution is -2.36. The summed E-state index contributed by atoms with van der Waals surface area (Å²) < 4.78 is 40.8. The average molecular weight is 352 g/mol. The van der Waals surface area contributed by atoms with E-state index in [1.54, 1.807) is 0 Å². The van der Waals surface area contributed by atoms with Gasteiger partial charge in [0.05, 0.1) is 4.47 Å². The van der Waals surface area contributed by atoms with Gasteiger partial charge in [0.1, 0.15) is 4.90 Å². The number of likely N-dealkylation sites (N-methyl/N-ethyl adjacent to an activating group) is 1. The summed E-state index contributed by atoms with van der Waals surface area (Å²) in [6.07, 6.45) is 0.709. The van der Waals surface area contributed by atoms with E-state index in [1.807, 2.05) is 11.9 Å². The Labute approximate surface area is 120 Å². The SMILES string of the molecule is CN1CCC(NS(=O)(=O)c2cc(N)cc(Br)c2F)C1. The molecule has 2 rings (SSSR count). The molecule has 1 atom stereocenters. The lowest BCUT2D eigenvalue weighted by atomic mass is 10.3. The van der Waals surface area contributed by atoms with Crippen LogP contribution in [-0.2, 0) is 10.0 Å². The molecule has 0 radical (unpaired) electrons. The number of hydrogen-bond donors (Lipinski definition) is 2. The third-order valence-electron chi connectivity index (χ3n) is 3.02. The number of nitrogen functional groups attached to an aromatic ring is 1. The van der Waals surface area contributed by atoms with E-state index >= 15 is 0 Å². The van der Waals surface area contributed by atoms with Crippen LogP contribution in [0.15, 0.2) is 21.5 Å². The Morgan fingerprint density at radius 3 is 2.79 bits per heavy atom. The molecule has 1 aliphatic rings. The third kappa shape index (κ3) is 3.25. The number of nitrogens with zero attached hydrogens (tertiary/aromatic N) is 1. The molecule has 0 bridgehead atoms. The first kappa shape index (κ1) is 14.7. The summed E-state index contributed by atoms with van der Waals surface area (Å²) in [5.41, 5.74) is 5.75. The Bertz CT molecular complexity index is 594. The highest BCUT2D eigenvalue weighted by atomic mass is 79.9. The molecule has 1 saturated heterocycles. The number of sulfonamides is 1. The zero-order chi connectivity index (χ0) is 14.2. The van der Waals surface area contributed by atoms with Gasteiger partial charge in [0, 0.05) is 18.3 Å². The quantitative estimate of drug-likeness (QED) is 0.801. The minimum atomic E-state index is -3.90. The highest BCUT2D eigenvalue weighted by Crippen LogP contribution is 2.26. The van der Waals surface area contributed by atoms with Gasteiger partial charge >= 0.3 is 0 Å². The maximum Gasteiger partial charge on any atom is 0.243 e. The molecule has 19 heavy (non-hydrogen) atoms. The van der Waals surface area contributed by atoms with E-state index in [2.05, 4.69) is 20.7 Å². The maximum absolute atomic E-state index is 13.9. The Kier molecular flexibility index (Phi) is 4.14. The van der Waals surface area contributed by atoms with Crippen LogP contribution in [0.25, 0.3) is 0 Å². The molecule has 0 amide bonds. The first-order chi connectivity index (χ1) is 8.79. The molecule has 5 nitrogen and oxygen atoms in total. The van der Waals surface area contributed by atoms with Gasteiger partial charge < -0.3 is 10.6 Å². The second-order valence-electron chi connectivity index (χ2n) is 4.68. The van der Waals surface area contributed by atoms with Gasteiger partial charge in [0.25, 0.3) is 0 Å². The largest absolute Gasteiger partial charge is 0.399 e. The third-order valence-corrected chi connectivity index (χ3v) is 5.12. The Morgan fingerprint density at radius 1 is 1.53 bits per heavy atom. The molecule has 1 aliphatic heterocycles. The van der Waals surface area contributed by atoms with E-state index in [-0.39, 0.29) is 16.2 Å². The van der Waals surface area contributed by atoms with Crippen LogP contribution in [0, 0.1) is 5.82 Å². The van der Waals surface area contributed by atoms with Crippen LogP contribution in [0.4, 0.5) is 10.1 Å². The van der Waals surface area contributed by atoms with Crippen LogP contribution in [-0.4, -0.2) is 39.5 Å². The van der Waals surface area contributed by atoms with Crippen molar-refractivity contribution in [3.05, 3.63) is 22.4 Å². The van der Waals surface area contributed by atoms with E-state index in [0.717, 1.165) is 12.6 Å². The molecule has 1 aromatic rings. The maximum atomic E-state index is 13.9. The molecular weight excluding hydrogens is 337 g/mol. The van der Waals surface area contributed by atoms with Crippen molar-refractivity contribution < 1.29 is 12.8 Å². The smallest absolute Gasteiger partial charge is 0.243 e. The fourth-order valence-corrected chi connectivity index (χ4v) is 4.10. The van der Waals surface area contributed by atoms with Gasteiger partial charge in [-0.05, 0) is 48.1 Å². The van der Waals surface area contributed by atoms with Gasteiger partial charge in [-0.1, -0.05) is 0 Å². The average Bonchev–Trinajstić information content (AvgIpc) is 2.68. The van der Waals surface area contributed by atoms with Gasteiger partial charge in [0.2, 0.25) is 10.0 Å². The normalized spacial score (nSPS) is 20.9. The number of halogens is 2. The molecule has 1 fully saturated rings. The molecule has 3 N–H and O–H groups in total. The highest BCUT2D eigenvalue weighted by Gasteiger charge is 2.28. The van der Waals surface area contributed by atoms with Crippen LogP contribution in [0.1, 0.15) is 6.42 Å². The molecule has 1 unspecified atom stereocenters. The van der Waals surface area contributed by atoms with Crippen LogP contribution < -0.4 is 10.5 Å². The zero-order valence-corrected chi connectivity index (χ0v) is 12.8. The molecular formula is C11H15BrFN3O2S. The van der Waals surface area contributed by atoms with E-state index < -0.39 is 20.7 Å². The number of benzene rings is 1. The van der Waals surface area contributed by atoms with E-state index in [4.69, 9.17) is 5.73 Å². The van der Waals surface area contributed by atoms with Gasteiger partial charge in [-0.3, -0.25) is 0 Å². The van der Waals surface area contributed by atoms with Crippen LogP contribution in [0.5, 0.6) is 0 Å². The van der Waals surface area contributed by atoms with Gasteiger partial charge in [-0.25, -0.2) is 17.5 Å². The summed E-state index contributed by atoms with van der Waals surface area (Å²) in [5.74, 6) is -0.826. The zero-order valence-electron chi connectivity index (χ0n) is 10.4. The first-order valence-electron chi connectivity index (χ1n) is 5.75. The predicted molar refractivity (Wildman–Crippen MR) is 74.7 cm³/mol. The van der Waals surface area contributed by atoms with Crippen molar-refractivity contribution in [1.29, 1.82) is 0 Å². The Morgan fingerprint density at radius 2 is 2.21 bits per heavy atom. The molecule has 0 saturated carbocycles. The number of rotatable bonds is 3. The number of anilines is 1. The van der Waals surface area contributed by atoms with Crippen molar-refractivity contribution in [3.63, 3.8) is 0 Å². The summed E-state index contributed by atoms with van der Waals surface area (Å²) in [6, 6.07) is 2.26. The number of likely N-dealkylation sites (tertiary alicyclic amines) is 1. The van der Waals surface area contributed by atoms with Gasteiger partial charge in [-0.2, -0.15) is 0 Å². The molecule has 8 heteroatoms. The van der Waals surface area contributed by atoms with E-state index in [9.17, 15) is 12.8 Å². The molecule has 0 aliphatic carbocycles. The van der Waals surface area contributed by atoms with Crippen molar-refractivity contribution in [1.82, 2.24) is 9.62 Å². The number of nitrogens with two attached hydrogens (primary N) is 1. The second kappa shape index (κ2) is 5.35. The van der Waals surface area contributed by atoms with Crippen molar-refractivity contribution in [3.8, 4) is 0 Å². The monoisotopic (exact) mass is 351 g/mol. The fourth-order valence-electron chi connectivity index (χ4n) is 2.09. The molecule has 0 spiro atoms. The van der Waals surface area contributed by atoms with Crippen LogP contribution >= 0.6 is 15.9 Å². The fraction of sp³-hybridized carbons (Fsp3) is 0.455. The van der Waals surface area contributed by atoms with Gasteiger partial charge in [0.15, 0.2) is 5.82 Å². The van der Waals surface area contributed by atoms with Crippen molar-refractivity contribution in [2.24, 2.45) is 0 Å². The lowest BCUT2D eigenvalue weighted by Gasteiger charge is -2.14. The summed E-state index contributed by atoms with van der Waals surface area (Å²) in [5, 5.41) is 0. The summed E-state index contributed by atoms with van der Waals surface area (Å²) in [6.45, 7) is 1.43. The van der Waals surface area contributed by atoms with E-state index in [0.29, 0.717) is 13.0 Å². The van der Waals surface area contributed by atoms with E-state index in [1.165, 1.54) is 6.07 Å². The van der Waals surface area contributed by atoms with Crippen molar-refractivity contribution >= 4 is 31.6 Å². The highest BCUT2D eigenvalue weighted by molar-refractivity contribution is 9.10. The minimum absolute atomic E-state index is 0.0383. The topological polar surface area (TPSA) is 75.4 Å². The first-order valence-corrected chi connectivity index (χ1v) is 8.02. The van der Waals surface area contributed by atoms with Crippen LogP contribution in [0.3, 0.4) is 0 Å². The number of hydrogen-bond acceptors (Lipinski definition) is 4.